The van der Waals surface area contributed by atoms with Crippen molar-refractivity contribution in [2.75, 3.05) is 4.90 Å². The van der Waals surface area contributed by atoms with E-state index in [0.29, 0.717) is 23.1 Å². The summed E-state index contributed by atoms with van der Waals surface area (Å²) >= 11 is 0. The van der Waals surface area contributed by atoms with Crippen molar-refractivity contribution >= 4 is 22.4 Å². The molecule has 0 fully saturated rings. The molecule has 0 N–H and O–H groups in total. The van der Waals surface area contributed by atoms with E-state index >= 15 is 0 Å². The molecule has 6 nitrogen and oxygen atoms in total. The van der Waals surface area contributed by atoms with Crippen molar-refractivity contribution in [3.8, 4) is 0 Å². The normalized spacial score (nSPS) is 11.0. The van der Waals surface area contributed by atoms with Gasteiger partial charge in [-0.3, -0.25) is 0 Å². The minimum Gasteiger partial charge on any atom is -0.334 e. The average molecular weight is 335 g/mol. The quantitative estimate of drug-likeness (QED) is 0.565. The third-order valence-electron chi connectivity index (χ3n) is 3.97. The molecule has 7 heteroatoms. The third-order valence-corrected chi connectivity index (χ3v) is 3.97. The van der Waals surface area contributed by atoms with Gasteiger partial charge in [0.2, 0.25) is 0 Å². The first-order chi connectivity index (χ1) is 12.2. The summed E-state index contributed by atoms with van der Waals surface area (Å²) in [5.41, 5.74) is 4.64. The first kappa shape index (κ1) is 15.2. The van der Waals surface area contributed by atoms with Crippen LogP contribution in [0, 0.1) is 12.7 Å². The Morgan fingerprint density at radius 3 is 2.56 bits per heavy atom. The predicted molar refractivity (Wildman–Crippen MR) is 90.8 cm³/mol. The lowest BCUT2D eigenvalue weighted by atomic mass is 10.1. The Morgan fingerprint density at radius 1 is 0.960 bits per heavy atom. The van der Waals surface area contributed by atoms with Crippen LogP contribution < -0.4 is 4.90 Å². The van der Waals surface area contributed by atoms with Crippen molar-refractivity contribution in [2.45, 2.75) is 13.5 Å². The van der Waals surface area contributed by atoms with E-state index in [0.717, 1.165) is 16.9 Å². The summed E-state index contributed by atoms with van der Waals surface area (Å²) in [5.74, 6) is -0.214. The molecule has 0 saturated carbocycles. The zero-order chi connectivity index (χ0) is 17.2. The van der Waals surface area contributed by atoms with Crippen LogP contribution in [-0.2, 0) is 6.54 Å². The highest BCUT2D eigenvalue weighted by Crippen LogP contribution is 2.29. The summed E-state index contributed by atoms with van der Waals surface area (Å²) in [6.07, 6.45) is 4.94. The van der Waals surface area contributed by atoms with Crippen molar-refractivity contribution in [2.24, 2.45) is 0 Å². The van der Waals surface area contributed by atoms with Gasteiger partial charge in [-0.05, 0) is 52.6 Å². The van der Waals surface area contributed by atoms with Gasteiger partial charge in [-0.25, -0.2) is 19.0 Å². The Hall–Kier alpha value is -3.35. The summed E-state index contributed by atoms with van der Waals surface area (Å²) in [6.45, 7) is 2.28. The van der Waals surface area contributed by atoms with E-state index in [2.05, 4.69) is 20.3 Å². The second kappa shape index (κ2) is 6.27. The van der Waals surface area contributed by atoms with Gasteiger partial charge in [-0.2, -0.15) is 0 Å². The lowest BCUT2D eigenvalue weighted by Gasteiger charge is -2.24. The van der Waals surface area contributed by atoms with Gasteiger partial charge in [0, 0.05) is 12.2 Å². The minimum absolute atomic E-state index is 0.214. The van der Waals surface area contributed by atoms with Crippen LogP contribution in [0.15, 0.2) is 59.7 Å². The molecule has 124 valence electrons. The van der Waals surface area contributed by atoms with E-state index in [1.165, 1.54) is 12.4 Å². The molecule has 2 heterocycles. The van der Waals surface area contributed by atoms with E-state index in [1.54, 1.807) is 25.4 Å². The topological polar surface area (TPSA) is 67.9 Å². The summed E-state index contributed by atoms with van der Waals surface area (Å²) in [7, 11) is 0. The molecule has 4 rings (SSSR count). The molecular formula is C18H14FN5O. The maximum atomic E-state index is 13.6. The maximum Gasteiger partial charge on any atom is 0.137 e. The van der Waals surface area contributed by atoms with Crippen LogP contribution in [-0.4, -0.2) is 20.3 Å². The van der Waals surface area contributed by atoms with Crippen LogP contribution in [0.4, 0.5) is 15.8 Å². The van der Waals surface area contributed by atoms with Gasteiger partial charge in [-0.1, -0.05) is 12.1 Å². The fourth-order valence-electron chi connectivity index (χ4n) is 2.69. The Bertz CT molecular complexity index is 1020. The molecule has 25 heavy (non-hydrogen) atoms. The van der Waals surface area contributed by atoms with Crippen molar-refractivity contribution in [1.82, 2.24) is 20.3 Å². The minimum atomic E-state index is -0.214. The summed E-state index contributed by atoms with van der Waals surface area (Å²) in [6, 6.07) is 10.7. The van der Waals surface area contributed by atoms with Crippen LogP contribution in [0.1, 0.15) is 11.1 Å². The van der Waals surface area contributed by atoms with Gasteiger partial charge in [0.25, 0.3) is 0 Å². The van der Waals surface area contributed by atoms with Crippen molar-refractivity contribution < 1.29 is 9.02 Å². The van der Waals surface area contributed by atoms with Gasteiger partial charge in [0.05, 0.1) is 18.1 Å². The fourth-order valence-corrected chi connectivity index (χ4v) is 2.69. The molecule has 0 aliphatic rings. The SMILES string of the molecule is Cc1cc(CN(c2cncnc2)c2ccc3nonc3c2)ccc1F. The number of fused-ring (bicyclic) bond motifs is 1. The molecule has 0 aliphatic carbocycles. The first-order valence-corrected chi connectivity index (χ1v) is 7.70. The summed E-state index contributed by atoms with van der Waals surface area (Å²) < 4.78 is 18.3. The molecule has 0 radical (unpaired) electrons. The van der Waals surface area contributed by atoms with Gasteiger partial charge in [0.15, 0.2) is 0 Å². The van der Waals surface area contributed by atoms with Crippen molar-refractivity contribution in [3.63, 3.8) is 0 Å². The maximum absolute atomic E-state index is 13.6. The molecule has 0 atom stereocenters. The number of anilines is 2. The second-order valence-electron chi connectivity index (χ2n) is 5.70. The van der Waals surface area contributed by atoms with Crippen molar-refractivity contribution in [3.05, 3.63) is 72.1 Å². The van der Waals surface area contributed by atoms with Gasteiger partial charge in [-0.15, -0.1) is 0 Å². The van der Waals surface area contributed by atoms with E-state index in [4.69, 9.17) is 4.63 Å². The molecule has 0 unspecified atom stereocenters. The van der Waals surface area contributed by atoms with Gasteiger partial charge >= 0.3 is 0 Å². The zero-order valence-corrected chi connectivity index (χ0v) is 13.4. The average Bonchev–Trinajstić information content (AvgIpc) is 3.11. The van der Waals surface area contributed by atoms with E-state index in [1.807, 2.05) is 29.2 Å². The summed E-state index contributed by atoms with van der Waals surface area (Å²) in [5, 5.41) is 7.72. The second-order valence-corrected chi connectivity index (χ2v) is 5.70. The molecule has 2 aromatic heterocycles. The molecule has 0 aliphatic heterocycles. The number of hydrogen-bond acceptors (Lipinski definition) is 6. The Morgan fingerprint density at radius 2 is 1.76 bits per heavy atom. The van der Waals surface area contributed by atoms with E-state index in [9.17, 15) is 4.39 Å². The van der Waals surface area contributed by atoms with Gasteiger partial charge < -0.3 is 4.90 Å². The molecular weight excluding hydrogens is 321 g/mol. The summed E-state index contributed by atoms with van der Waals surface area (Å²) in [4.78, 5) is 10.2. The highest BCUT2D eigenvalue weighted by atomic mass is 19.1. The van der Waals surface area contributed by atoms with Gasteiger partial charge in [0.1, 0.15) is 23.2 Å². The highest BCUT2D eigenvalue weighted by Gasteiger charge is 2.13. The Balaban J connectivity index is 1.77. The van der Waals surface area contributed by atoms with Crippen LogP contribution in [0.2, 0.25) is 0 Å². The molecule has 0 bridgehead atoms. The van der Waals surface area contributed by atoms with Crippen molar-refractivity contribution in [1.29, 1.82) is 0 Å². The van der Waals surface area contributed by atoms with E-state index < -0.39 is 0 Å². The fraction of sp³-hybridized carbons (Fsp3) is 0.111. The highest BCUT2D eigenvalue weighted by molar-refractivity contribution is 5.79. The molecule has 0 spiro atoms. The number of rotatable bonds is 4. The number of aryl methyl sites for hydroxylation is 1. The molecule has 0 amide bonds. The Labute approximate surface area is 142 Å². The predicted octanol–water partition coefficient (Wildman–Crippen LogP) is 3.80. The largest absolute Gasteiger partial charge is 0.334 e. The Kier molecular flexibility index (Phi) is 3.81. The number of benzene rings is 2. The molecule has 0 saturated heterocycles. The lowest BCUT2D eigenvalue weighted by Crippen LogP contribution is -2.17. The number of halogens is 1. The lowest BCUT2D eigenvalue weighted by molar-refractivity contribution is 0.315. The van der Waals surface area contributed by atoms with Crippen LogP contribution in [0.25, 0.3) is 11.0 Å². The number of hydrogen-bond donors (Lipinski definition) is 0. The smallest absolute Gasteiger partial charge is 0.137 e. The molecule has 4 aromatic rings. The number of aromatic nitrogens is 4. The number of nitrogens with zero attached hydrogens (tertiary/aromatic N) is 5. The van der Waals surface area contributed by atoms with E-state index in [-0.39, 0.29) is 5.82 Å². The third kappa shape index (κ3) is 3.03. The van der Waals surface area contributed by atoms with Crippen LogP contribution >= 0.6 is 0 Å². The zero-order valence-electron chi connectivity index (χ0n) is 13.4. The molecule has 2 aromatic carbocycles. The first-order valence-electron chi connectivity index (χ1n) is 7.70. The van der Waals surface area contributed by atoms with Crippen LogP contribution in [0.5, 0.6) is 0 Å². The monoisotopic (exact) mass is 335 g/mol. The standard InChI is InChI=1S/C18H14FN5O/c1-12-6-13(2-4-16(12)19)10-24(15-8-20-11-21-9-15)14-3-5-17-18(7-14)23-25-22-17/h2-9,11H,10H2,1H3. The van der Waals surface area contributed by atoms with Crippen LogP contribution in [0.3, 0.4) is 0 Å².